The maximum absolute atomic E-state index is 10.1. The second-order valence-corrected chi connectivity index (χ2v) is 3.12. The van der Waals surface area contributed by atoms with Gasteiger partial charge in [-0.2, -0.15) is 4.91 Å². The van der Waals surface area contributed by atoms with E-state index in [9.17, 15) is 4.91 Å². The van der Waals surface area contributed by atoms with Gasteiger partial charge in [0.1, 0.15) is 11.7 Å². The summed E-state index contributed by atoms with van der Waals surface area (Å²) in [6.07, 6.45) is 0.877. The summed E-state index contributed by atoms with van der Waals surface area (Å²) in [5, 5.41) is 3.14. The molecule has 1 aromatic rings. The van der Waals surface area contributed by atoms with Crippen LogP contribution < -0.4 is 4.74 Å². The summed E-state index contributed by atoms with van der Waals surface area (Å²) in [6, 6.07) is 3.31. The van der Waals surface area contributed by atoms with E-state index in [1.807, 2.05) is 6.92 Å². The molecule has 0 aliphatic carbocycles. The van der Waals surface area contributed by atoms with E-state index < -0.39 is 0 Å². The van der Waals surface area contributed by atoms with Gasteiger partial charge in [-0.3, -0.25) is 0 Å². The van der Waals surface area contributed by atoms with Crippen molar-refractivity contribution in [2.24, 2.45) is 5.18 Å². The van der Waals surface area contributed by atoms with E-state index in [4.69, 9.17) is 16.3 Å². The first-order chi connectivity index (χ1) is 6.77. The van der Waals surface area contributed by atoms with Gasteiger partial charge in [0.15, 0.2) is 0 Å². The van der Waals surface area contributed by atoms with Gasteiger partial charge >= 0.3 is 0 Å². The minimum Gasteiger partial charge on any atom is -0.477 e. The minimum absolute atomic E-state index is 0.0587. The van der Waals surface area contributed by atoms with Gasteiger partial charge in [-0.05, 0) is 18.6 Å². The van der Waals surface area contributed by atoms with Gasteiger partial charge in [0.25, 0.3) is 0 Å². The summed E-state index contributed by atoms with van der Waals surface area (Å²) in [5.74, 6) is 0.402. The number of aromatic nitrogens is 1. The van der Waals surface area contributed by atoms with Gasteiger partial charge in [-0.25, -0.2) is 4.98 Å². The van der Waals surface area contributed by atoms with Crippen molar-refractivity contribution < 1.29 is 4.74 Å². The number of nitroso groups, excluding NO2 is 1. The Morgan fingerprint density at radius 2 is 2.36 bits per heavy atom. The van der Waals surface area contributed by atoms with Gasteiger partial charge in [0, 0.05) is 5.56 Å². The van der Waals surface area contributed by atoms with Crippen molar-refractivity contribution in [3.05, 3.63) is 27.8 Å². The minimum atomic E-state index is 0.0587. The fourth-order valence-electron chi connectivity index (χ4n) is 0.960. The van der Waals surface area contributed by atoms with Crippen molar-refractivity contribution in [1.82, 2.24) is 4.98 Å². The number of hydrogen-bond acceptors (Lipinski definition) is 4. The van der Waals surface area contributed by atoms with Crippen LogP contribution in [0.25, 0.3) is 0 Å². The molecule has 0 bridgehead atoms. The Bertz CT molecular complexity index is 318. The molecule has 14 heavy (non-hydrogen) atoms. The molecule has 1 aromatic heterocycles. The van der Waals surface area contributed by atoms with Gasteiger partial charge in [0.2, 0.25) is 5.88 Å². The standard InChI is InChI=1S/C9H11ClN2O2/c1-2-5-14-9-7(6-11-13)3-4-8(10)12-9/h3-4H,2,5-6H2,1H3. The smallest absolute Gasteiger partial charge is 0.220 e. The second kappa shape index (κ2) is 5.54. The lowest BCUT2D eigenvalue weighted by molar-refractivity contribution is 0.302. The number of ether oxygens (including phenoxy) is 1. The molecule has 1 heterocycles. The Balaban J connectivity index is 2.84. The quantitative estimate of drug-likeness (QED) is 0.560. The maximum Gasteiger partial charge on any atom is 0.220 e. The summed E-state index contributed by atoms with van der Waals surface area (Å²) < 4.78 is 5.33. The highest BCUT2D eigenvalue weighted by atomic mass is 35.5. The second-order valence-electron chi connectivity index (χ2n) is 2.73. The third-order valence-corrected chi connectivity index (χ3v) is 1.79. The van der Waals surface area contributed by atoms with Crippen molar-refractivity contribution in [2.45, 2.75) is 19.9 Å². The third kappa shape index (κ3) is 2.96. The fourth-order valence-corrected chi connectivity index (χ4v) is 1.10. The van der Waals surface area contributed by atoms with Crippen molar-refractivity contribution in [2.75, 3.05) is 6.61 Å². The lowest BCUT2D eigenvalue weighted by Gasteiger charge is -2.07. The summed E-state index contributed by atoms with van der Waals surface area (Å²) in [4.78, 5) is 14.1. The average molecular weight is 215 g/mol. The molecule has 0 fully saturated rings. The zero-order chi connectivity index (χ0) is 10.4. The Kier molecular flexibility index (Phi) is 4.32. The van der Waals surface area contributed by atoms with Gasteiger partial charge in [-0.15, -0.1) is 0 Å². The average Bonchev–Trinajstić information content (AvgIpc) is 2.18. The lowest BCUT2D eigenvalue weighted by atomic mass is 10.3. The first kappa shape index (κ1) is 10.9. The summed E-state index contributed by atoms with van der Waals surface area (Å²) in [7, 11) is 0. The van der Waals surface area contributed by atoms with Crippen LogP contribution in [0.15, 0.2) is 17.3 Å². The van der Waals surface area contributed by atoms with E-state index >= 15 is 0 Å². The molecule has 0 aliphatic rings. The van der Waals surface area contributed by atoms with E-state index in [-0.39, 0.29) is 6.54 Å². The molecule has 0 radical (unpaired) electrons. The summed E-state index contributed by atoms with van der Waals surface area (Å²) in [6.45, 7) is 2.60. The Hall–Kier alpha value is -1.16. The van der Waals surface area contributed by atoms with E-state index in [2.05, 4.69) is 10.2 Å². The number of nitrogens with zero attached hydrogens (tertiary/aromatic N) is 2. The molecule has 0 N–H and O–H groups in total. The Morgan fingerprint density at radius 3 is 3.00 bits per heavy atom. The number of halogens is 1. The largest absolute Gasteiger partial charge is 0.477 e. The molecule has 4 nitrogen and oxygen atoms in total. The van der Waals surface area contributed by atoms with Crippen LogP contribution in [-0.4, -0.2) is 11.6 Å². The predicted octanol–water partition coefficient (Wildman–Crippen LogP) is 2.79. The highest BCUT2D eigenvalue weighted by Crippen LogP contribution is 2.19. The Labute approximate surface area is 87.2 Å². The maximum atomic E-state index is 10.1. The summed E-state index contributed by atoms with van der Waals surface area (Å²) in [5.41, 5.74) is 0.665. The Morgan fingerprint density at radius 1 is 1.57 bits per heavy atom. The fraction of sp³-hybridized carbons (Fsp3) is 0.444. The van der Waals surface area contributed by atoms with Gasteiger partial charge in [0.05, 0.1) is 6.61 Å². The SMILES string of the molecule is CCCOc1nc(Cl)ccc1CN=O. The van der Waals surface area contributed by atoms with E-state index in [1.165, 1.54) is 0 Å². The molecule has 0 aromatic carbocycles. The normalized spacial score (nSPS) is 9.86. The number of rotatable bonds is 5. The molecule has 0 spiro atoms. The van der Waals surface area contributed by atoms with Crippen molar-refractivity contribution in [1.29, 1.82) is 0 Å². The molecular weight excluding hydrogens is 204 g/mol. The van der Waals surface area contributed by atoms with E-state index in [1.54, 1.807) is 12.1 Å². The molecule has 76 valence electrons. The van der Waals surface area contributed by atoms with Crippen LogP contribution >= 0.6 is 11.6 Å². The molecule has 0 saturated heterocycles. The first-order valence-corrected chi connectivity index (χ1v) is 4.73. The van der Waals surface area contributed by atoms with Crippen LogP contribution in [0.5, 0.6) is 5.88 Å². The summed E-state index contributed by atoms with van der Waals surface area (Å²) >= 11 is 5.70. The van der Waals surface area contributed by atoms with E-state index in [0.717, 1.165) is 6.42 Å². The molecule has 1 rings (SSSR count). The molecule has 5 heteroatoms. The lowest BCUT2D eigenvalue weighted by Crippen LogP contribution is -2.00. The highest BCUT2D eigenvalue weighted by molar-refractivity contribution is 6.29. The van der Waals surface area contributed by atoms with Gasteiger partial charge in [-0.1, -0.05) is 23.7 Å². The van der Waals surface area contributed by atoms with E-state index in [0.29, 0.717) is 23.2 Å². The van der Waals surface area contributed by atoms with Crippen LogP contribution in [0.3, 0.4) is 0 Å². The molecule has 0 amide bonds. The zero-order valence-electron chi connectivity index (χ0n) is 7.86. The van der Waals surface area contributed by atoms with Crippen LogP contribution in [-0.2, 0) is 6.54 Å². The van der Waals surface area contributed by atoms with Gasteiger partial charge < -0.3 is 4.74 Å². The molecular formula is C9H11ClN2O2. The van der Waals surface area contributed by atoms with Crippen molar-refractivity contribution in [3.63, 3.8) is 0 Å². The van der Waals surface area contributed by atoms with Crippen LogP contribution in [0, 0.1) is 4.91 Å². The van der Waals surface area contributed by atoms with Crippen LogP contribution in [0.4, 0.5) is 0 Å². The first-order valence-electron chi connectivity index (χ1n) is 4.35. The number of pyridine rings is 1. The van der Waals surface area contributed by atoms with Crippen molar-refractivity contribution >= 4 is 11.6 Å². The monoisotopic (exact) mass is 214 g/mol. The van der Waals surface area contributed by atoms with Crippen LogP contribution in [0.2, 0.25) is 5.15 Å². The molecule has 0 unspecified atom stereocenters. The predicted molar refractivity (Wildman–Crippen MR) is 54.5 cm³/mol. The molecule has 0 atom stereocenters. The zero-order valence-corrected chi connectivity index (χ0v) is 8.62. The van der Waals surface area contributed by atoms with Crippen LogP contribution in [0.1, 0.15) is 18.9 Å². The highest BCUT2D eigenvalue weighted by Gasteiger charge is 2.06. The number of hydrogen-bond donors (Lipinski definition) is 0. The van der Waals surface area contributed by atoms with Crippen molar-refractivity contribution in [3.8, 4) is 5.88 Å². The topological polar surface area (TPSA) is 51.6 Å². The molecule has 0 aliphatic heterocycles. The third-order valence-electron chi connectivity index (χ3n) is 1.58. The molecule has 0 saturated carbocycles.